The average molecular weight is 394 g/mol. The first-order valence-corrected chi connectivity index (χ1v) is 10.2. The predicted molar refractivity (Wildman–Crippen MR) is 111 cm³/mol. The molecule has 3 heterocycles. The van der Waals surface area contributed by atoms with Gasteiger partial charge in [0.05, 0.1) is 6.54 Å². The minimum Gasteiger partial charge on any atom is -0.355 e. The minimum atomic E-state index is -0.231. The van der Waals surface area contributed by atoms with E-state index in [4.69, 9.17) is 0 Å². The van der Waals surface area contributed by atoms with E-state index in [1.807, 2.05) is 18.2 Å². The number of nitrogens with zero attached hydrogens (tertiary/aromatic N) is 5. The molecule has 1 N–H and O–H groups in total. The van der Waals surface area contributed by atoms with Gasteiger partial charge in [0.25, 0.3) is 5.91 Å². The van der Waals surface area contributed by atoms with Gasteiger partial charge in [-0.25, -0.2) is 0 Å². The van der Waals surface area contributed by atoms with E-state index in [1.165, 1.54) is 12.8 Å². The number of aromatic nitrogens is 2. The standard InChI is InChI=1S/C21H26N6O2/c28-20(16-22-21(29)17-6-2-1-3-7-17)27-14-12-26(13-15-27)19-9-8-18(23-24-19)25-10-4-5-11-25/h1-3,6-9H,4-5,10-16H2,(H,22,29). The molecule has 0 spiro atoms. The molecule has 2 saturated heterocycles. The Morgan fingerprint density at radius 2 is 1.38 bits per heavy atom. The molecule has 152 valence electrons. The second-order valence-corrected chi connectivity index (χ2v) is 7.36. The van der Waals surface area contributed by atoms with Crippen molar-refractivity contribution in [2.75, 3.05) is 55.6 Å². The molecule has 1 aromatic heterocycles. The lowest BCUT2D eigenvalue weighted by Gasteiger charge is -2.35. The van der Waals surface area contributed by atoms with Crippen LogP contribution in [0.3, 0.4) is 0 Å². The van der Waals surface area contributed by atoms with Crippen molar-refractivity contribution in [3.63, 3.8) is 0 Å². The minimum absolute atomic E-state index is 0.0120. The Labute approximate surface area is 170 Å². The first kappa shape index (κ1) is 19.2. The number of amides is 2. The highest BCUT2D eigenvalue weighted by Gasteiger charge is 2.23. The van der Waals surface area contributed by atoms with Gasteiger partial charge in [-0.1, -0.05) is 18.2 Å². The normalized spacial score (nSPS) is 16.8. The Morgan fingerprint density at radius 3 is 1.97 bits per heavy atom. The van der Waals surface area contributed by atoms with Crippen LogP contribution in [-0.4, -0.2) is 72.7 Å². The molecule has 2 fully saturated rings. The van der Waals surface area contributed by atoms with Crippen molar-refractivity contribution in [3.05, 3.63) is 48.0 Å². The Kier molecular flexibility index (Phi) is 5.88. The number of carbonyl (C=O) groups excluding carboxylic acids is 2. The van der Waals surface area contributed by atoms with Gasteiger partial charge in [-0.2, -0.15) is 0 Å². The largest absolute Gasteiger partial charge is 0.355 e. The summed E-state index contributed by atoms with van der Waals surface area (Å²) in [6, 6.07) is 13.0. The second kappa shape index (κ2) is 8.89. The predicted octanol–water partition coefficient (Wildman–Crippen LogP) is 1.16. The summed E-state index contributed by atoms with van der Waals surface area (Å²) in [6.45, 7) is 4.74. The van der Waals surface area contributed by atoms with Crippen molar-refractivity contribution in [2.24, 2.45) is 0 Å². The highest BCUT2D eigenvalue weighted by molar-refractivity contribution is 5.96. The maximum absolute atomic E-state index is 12.4. The summed E-state index contributed by atoms with van der Waals surface area (Å²) in [6.07, 6.45) is 2.43. The fourth-order valence-electron chi connectivity index (χ4n) is 3.75. The molecule has 0 aliphatic carbocycles. The van der Waals surface area contributed by atoms with Crippen LogP contribution in [0.25, 0.3) is 0 Å². The van der Waals surface area contributed by atoms with Gasteiger partial charge < -0.3 is 20.0 Å². The first-order chi connectivity index (χ1) is 14.2. The van der Waals surface area contributed by atoms with E-state index in [0.29, 0.717) is 31.7 Å². The topological polar surface area (TPSA) is 81.7 Å². The van der Waals surface area contributed by atoms with E-state index < -0.39 is 0 Å². The van der Waals surface area contributed by atoms with Gasteiger partial charge in [0.2, 0.25) is 5.91 Å². The number of rotatable bonds is 5. The van der Waals surface area contributed by atoms with Crippen molar-refractivity contribution >= 4 is 23.5 Å². The molecule has 4 rings (SSSR count). The van der Waals surface area contributed by atoms with Crippen molar-refractivity contribution in [1.29, 1.82) is 0 Å². The van der Waals surface area contributed by atoms with Crippen molar-refractivity contribution in [3.8, 4) is 0 Å². The van der Waals surface area contributed by atoms with Crippen LogP contribution in [0.2, 0.25) is 0 Å². The zero-order valence-electron chi connectivity index (χ0n) is 16.5. The van der Waals surface area contributed by atoms with E-state index in [-0.39, 0.29) is 18.4 Å². The molecule has 0 bridgehead atoms. The first-order valence-electron chi connectivity index (χ1n) is 10.2. The van der Waals surface area contributed by atoms with Crippen molar-refractivity contribution in [1.82, 2.24) is 20.4 Å². The van der Waals surface area contributed by atoms with Crippen LogP contribution in [0.15, 0.2) is 42.5 Å². The molecular weight excluding hydrogens is 368 g/mol. The molecule has 0 atom stereocenters. The molecular formula is C21H26N6O2. The van der Waals surface area contributed by atoms with E-state index >= 15 is 0 Å². The van der Waals surface area contributed by atoms with Gasteiger partial charge in [0, 0.05) is 44.8 Å². The fraction of sp³-hybridized carbons (Fsp3) is 0.429. The number of benzene rings is 1. The molecule has 2 aromatic rings. The molecule has 0 unspecified atom stereocenters. The Balaban J connectivity index is 1.24. The SMILES string of the molecule is O=C(NCC(=O)N1CCN(c2ccc(N3CCCC3)nn2)CC1)c1ccccc1. The van der Waals surface area contributed by atoms with E-state index in [0.717, 1.165) is 24.7 Å². The maximum Gasteiger partial charge on any atom is 0.251 e. The van der Waals surface area contributed by atoms with Gasteiger partial charge in [0.15, 0.2) is 11.6 Å². The van der Waals surface area contributed by atoms with E-state index in [9.17, 15) is 9.59 Å². The van der Waals surface area contributed by atoms with Crippen LogP contribution in [0.5, 0.6) is 0 Å². The van der Waals surface area contributed by atoms with Crippen LogP contribution in [0, 0.1) is 0 Å². The number of anilines is 2. The number of hydrogen-bond acceptors (Lipinski definition) is 6. The van der Waals surface area contributed by atoms with Gasteiger partial charge in [-0.15, -0.1) is 10.2 Å². The van der Waals surface area contributed by atoms with Crippen LogP contribution in [0.1, 0.15) is 23.2 Å². The number of piperazine rings is 1. The quantitative estimate of drug-likeness (QED) is 0.820. The molecule has 8 nitrogen and oxygen atoms in total. The second-order valence-electron chi connectivity index (χ2n) is 7.36. The van der Waals surface area contributed by atoms with E-state index in [2.05, 4.69) is 25.3 Å². The summed E-state index contributed by atoms with van der Waals surface area (Å²) in [5, 5.41) is 11.5. The molecule has 0 saturated carbocycles. The highest BCUT2D eigenvalue weighted by Crippen LogP contribution is 2.19. The summed E-state index contributed by atoms with van der Waals surface area (Å²) in [5.41, 5.74) is 0.557. The third-order valence-corrected chi connectivity index (χ3v) is 5.46. The fourth-order valence-corrected chi connectivity index (χ4v) is 3.75. The van der Waals surface area contributed by atoms with Crippen molar-refractivity contribution in [2.45, 2.75) is 12.8 Å². The summed E-state index contributed by atoms with van der Waals surface area (Å²) in [4.78, 5) is 30.7. The molecule has 2 amide bonds. The van der Waals surface area contributed by atoms with Crippen molar-refractivity contribution < 1.29 is 9.59 Å². The lowest BCUT2D eigenvalue weighted by Crippen LogP contribution is -2.51. The zero-order chi connectivity index (χ0) is 20.1. The average Bonchev–Trinajstić information content (AvgIpc) is 3.33. The van der Waals surface area contributed by atoms with Gasteiger partial charge in [-0.05, 0) is 37.1 Å². The Hall–Kier alpha value is -3.16. The van der Waals surface area contributed by atoms with Crippen LogP contribution in [0.4, 0.5) is 11.6 Å². The monoisotopic (exact) mass is 394 g/mol. The molecule has 0 radical (unpaired) electrons. The Bertz CT molecular complexity index is 828. The molecule has 8 heteroatoms. The van der Waals surface area contributed by atoms with E-state index in [1.54, 1.807) is 29.2 Å². The third kappa shape index (κ3) is 4.64. The van der Waals surface area contributed by atoms with Crippen LogP contribution in [-0.2, 0) is 4.79 Å². The van der Waals surface area contributed by atoms with Gasteiger partial charge in [-0.3, -0.25) is 9.59 Å². The third-order valence-electron chi connectivity index (χ3n) is 5.46. The number of nitrogens with one attached hydrogen (secondary N) is 1. The zero-order valence-corrected chi connectivity index (χ0v) is 16.5. The summed E-state index contributed by atoms with van der Waals surface area (Å²) < 4.78 is 0. The summed E-state index contributed by atoms with van der Waals surface area (Å²) in [7, 11) is 0. The number of hydrogen-bond donors (Lipinski definition) is 1. The van der Waals surface area contributed by atoms with Crippen LogP contribution < -0.4 is 15.1 Å². The molecule has 2 aliphatic rings. The Morgan fingerprint density at radius 1 is 0.793 bits per heavy atom. The molecule has 29 heavy (non-hydrogen) atoms. The highest BCUT2D eigenvalue weighted by atomic mass is 16.2. The molecule has 1 aromatic carbocycles. The maximum atomic E-state index is 12.4. The van der Waals surface area contributed by atoms with Crippen LogP contribution >= 0.6 is 0 Å². The smallest absolute Gasteiger partial charge is 0.251 e. The summed E-state index contributed by atoms with van der Waals surface area (Å²) >= 11 is 0. The number of carbonyl (C=O) groups is 2. The molecule has 2 aliphatic heterocycles. The van der Waals surface area contributed by atoms with Gasteiger partial charge in [0.1, 0.15) is 0 Å². The van der Waals surface area contributed by atoms with Gasteiger partial charge >= 0.3 is 0 Å². The summed E-state index contributed by atoms with van der Waals surface area (Å²) in [5.74, 6) is 1.49. The lowest BCUT2D eigenvalue weighted by atomic mass is 10.2. The lowest BCUT2D eigenvalue weighted by molar-refractivity contribution is -0.130.